The molecule has 0 aliphatic heterocycles. The van der Waals surface area contributed by atoms with Gasteiger partial charge in [0.05, 0.1) is 16.2 Å². The van der Waals surface area contributed by atoms with Crippen molar-refractivity contribution in [3.05, 3.63) is 41.0 Å². The molecule has 22 heavy (non-hydrogen) atoms. The third kappa shape index (κ3) is 3.59. The lowest BCUT2D eigenvalue weighted by atomic mass is 10.1. The molecule has 2 aromatic rings. The van der Waals surface area contributed by atoms with Crippen LogP contribution in [0.25, 0.3) is 0 Å². The van der Waals surface area contributed by atoms with E-state index < -0.39 is 16.0 Å². The lowest BCUT2D eigenvalue weighted by molar-refractivity contribution is 0.0692. The van der Waals surface area contributed by atoms with Gasteiger partial charge in [0, 0.05) is 6.42 Å². The number of hydrogen-bond donors (Lipinski definition) is 4. The Hall–Kier alpha value is -2.46. The minimum Gasteiger partial charge on any atom is -0.476 e. The van der Waals surface area contributed by atoms with E-state index in [-0.39, 0.29) is 27.8 Å². The number of thiazole rings is 1. The number of carboxylic acid groups (broad SMARTS) is 1. The first-order valence-electron chi connectivity index (χ1n) is 5.91. The van der Waals surface area contributed by atoms with Crippen LogP contribution in [0.2, 0.25) is 0 Å². The van der Waals surface area contributed by atoms with Gasteiger partial charge in [-0.15, -0.1) is 11.3 Å². The Morgan fingerprint density at radius 3 is 2.55 bits per heavy atom. The van der Waals surface area contributed by atoms with E-state index in [2.05, 4.69) is 9.71 Å². The van der Waals surface area contributed by atoms with Crippen molar-refractivity contribution in [1.82, 2.24) is 4.98 Å². The summed E-state index contributed by atoms with van der Waals surface area (Å²) in [7, 11) is -3.91. The number of anilines is 1. The monoisotopic (exact) mass is 340 g/mol. The van der Waals surface area contributed by atoms with Gasteiger partial charge in [0.25, 0.3) is 10.0 Å². The fourth-order valence-corrected chi connectivity index (χ4v) is 3.65. The number of nitrogens with zero attached hydrogens (tertiary/aromatic N) is 1. The molecule has 0 aliphatic carbocycles. The van der Waals surface area contributed by atoms with Crippen LogP contribution in [0.1, 0.15) is 16.1 Å². The van der Waals surface area contributed by atoms with Crippen molar-refractivity contribution in [3.8, 4) is 0 Å². The molecule has 0 bridgehead atoms. The van der Waals surface area contributed by atoms with E-state index in [0.717, 1.165) is 11.3 Å². The molecule has 0 amide bonds. The molecule has 8 nitrogen and oxygen atoms in total. The number of carbonyl (C=O) groups is 1. The van der Waals surface area contributed by atoms with Crippen LogP contribution < -0.4 is 10.5 Å². The molecule has 10 heteroatoms. The zero-order valence-electron chi connectivity index (χ0n) is 11.1. The lowest BCUT2D eigenvalue weighted by Crippen LogP contribution is -2.15. The molecule has 0 unspecified atom stereocenters. The Bertz CT molecular complexity index is 812. The second kappa shape index (κ2) is 6.12. The van der Waals surface area contributed by atoms with E-state index >= 15 is 0 Å². The number of benzene rings is 1. The average Bonchev–Trinajstić information content (AvgIpc) is 2.86. The number of nitrogens with two attached hydrogens (primary N) is 1. The van der Waals surface area contributed by atoms with Crippen LogP contribution in [0.15, 0.2) is 34.7 Å². The van der Waals surface area contributed by atoms with E-state index in [9.17, 15) is 13.2 Å². The summed E-state index contributed by atoms with van der Waals surface area (Å²) < 4.78 is 26.6. The molecule has 116 valence electrons. The minimum atomic E-state index is -3.91. The molecule has 0 aliphatic rings. The smallest absolute Gasteiger partial charge is 0.357 e. The van der Waals surface area contributed by atoms with Crippen molar-refractivity contribution in [2.24, 2.45) is 5.73 Å². The number of aromatic carboxylic acids is 1. The van der Waals surface area contributed by atoms with E-state index in [1.807, 2.05) is 0 Å². The molecule has 0 atom stereocenters. The molecular weight excluding hydrogens is 328 g/mol. The lowest BCUT2D eigenvalue weighted by Gasteiger charge is -2.07. The first-order chi connectivity index (χ1) is 10.3. The largest absolute Gasteiger partial charge is 0.476 e. The highest BCUT2D eigenvalue weighted by Gasteiger charge is 2.20. The zero-order valence-corrected chi connectivity index (χ0v) is 12.7. The second-order valence-electron chi connectivity index (χ2n) is 4.29. The Kier molecular flexibility index (Phi) is 4.43. The minimum absolute atomic E-state index is 0.0236. The van der Waals surface area contributed by atoms with Gasteiger partial charge >= 0.3 is 5.97 Å². The van der Waals surface area contributed by atoms with Crippen LogP contribution in [-0.2, 0) is 16.4 Å². The Morgan fingerprint density at radius 2 is 2.00 bits per heavy atom. The van der Waals surface area contributed by atoms with Gasteiger partial charge < -0.3 is 10.8 Å². The van der Waals surface area contributed by atoms with E-state index in [0.29, 0.717) is 5.56 Å². The number of amidine groups is 1. The van der Waals surface area contributed by atoms with Crippen LogP contribution in [-0.4, -0.2) is 30.3 Å². The number of hydrogen-bond acceptors (Lipinski definition) is 6. The van der Waals surface area contributed by atoms with Gasteiger partial charge in [0.1, 0.15) is 5.00 Å². The van der Waals surface area contributed by atoms with Crippen molar-refractivity contribution in [3.63, 3.8) is 0 Å². The molecule has 0 spiro atoms. The highest BCUT2D eigenvalue weighted by molar-refractivity contribution is 7.93. The predicted molar refractivity (Wildman–Crippen MR) is 81.9 cm³/mol. The molecule has 1 aromatic heterocycles. The van der Waals surface area contributed by atoms with Gasteiger partial charge in [0.15, 0.2) is 5.69 Å². The normalized spacial score (nSPS) is 11.1. The second-order valence-corrected chi connectivity index (χ2v) is 6.82. The highest BCUT2D eigenvalue weighted by atomic mass is 32.2. The van der Waals surface area contributed by atoms with Crippen molar-refractivity contribution >= 4 is 38.2 Å². The van der Waals surface area contributed by atoms with Crippen molar-refractivity contribution in [1.29, 1.82) is 5.41 Å². The fourth-order valence-electron chi connectivity index (χ4n) is 1.66. The summed E-state index contributed by atoms with van der Waals surface area (Å²) in [6.45, 7) is 0. The molecule has 0 radical (unpaired) electrons. The number of carboxylic acids is 1. The summed E-state index contributed by atoms with van der Waals surface area (Å²) in [6.07, 6.45) is 0.228. The average molecular weight is 340 g/mol. The third-order valence-corrected chi connectivity index (χ3v) is 4.86. The SMILES string of the molecule is N=C(N)Cc1ccc(S(=O)(=O)Nc2scnc2C(=O)O)cc1. The summed E-state index contributed by atoms with van der Waals surface area (Å²) in [5.74, 6) is -1.33. The molecule has 0 saturated carbocycles. The fraction of sp³-hybridized carbons (Fsp3) is 0.0833. The predicted octanol–water partition coefficient (Wildman–Crippen LogP) is 1.12. The maximum absolute atomic E-state index is 12.2. The molecule has 0 fully saturated rings. The molecule has 0 saturated heterocycles. The van der Waals surface area contributed by atoms with Crippen LogP contribution in [0, 0.1) is 5.41 Å². The van der Waals surface area contributed by atoms with Gasteiger partial charge in [-0.2, -0.15) is 0 Å². The molecule has 2 rings (SSSR count). The van der Waals surface area contributed by atoms with Crippen LogP contribution in [0.5, 0.6) is 0 Å². The van der Waals surface area contributed by atoms with E-state index in [1.54, 1.807) is 12.1 Å². The molecule has 5 N–H and O–H groups in total. The molecular formula is C12H12N4O4S2. The Balaban J connectivity index is 2.25. The maximum atomic E-state index is 12.2. The maximum Gasteiger partial charge on any atom is 0.357 e. The van der Waals surface area contributed by atoms with Crippen molar-refractivity contribution < 1.29 is 18.3 Å². The number of rotatable bonds is 6. The van der Waals surface area contributed by atoms with E-state index in [1.165, 1.54) is 17.6 Å². The molecule has 1 heterocycles. The van der Waals surface area contributed by atoms with Crippen molar-refractivity contribution in [2.45, 2.75) is 11.3 Å². The number of nitrogens with one attached hydrogen (secondary N) is 2. The van der Waals surface area contributed by atoms with Crippen LogP contribution in [0.4, 0.5) is 5.00 Å². The number of aromatic nitrogens is 1. The zero-order chi connectivity index (χ0) is 16.3. The quantitative estimate of drug-likeness (QED) is 0.458. The first-order valence-corrected chi connectivity index (χ1v) is 8.27. The summed E-state index contributed by atoms with van der Waals surface area (Å²) in [6, 6.07) is 5.81. The highest BCUT2D eigenvalue weighted by Crippen LogP contribution is 2.24. The van der Waals surface area contributed by atoms with Crippen LogP contribution >= 0.6 is 11.3 Å². The number of sulfonamides is 1. The topological polar surface area (TPSA) is 146 Å². The molecule has 1 aromatic carbocycles. The standard InChI is InChI=1S/C12H12N4O4S2/c13-9(14)5-7-1-3-8(4-2-7)22(19,20)16-11-10(12(17)18)15-6-21-11/h1-4,6,16H,5H2,(H3,13,14)(H,17,18). The third-order valence-electron chi connectivity index (χ3n) is 2.63. The summed E-state index contributed by atoms with van der Waals surface area (Å²) in [5, 5.41) is 16.1. The summed E-state index contributed by atoms with van der Waals surface area (Å²) >= 11 is 0.884. The van der Waals surface area contributed by atoms with E-state index in [4.69, 9.17) is 16.2 Å². The van der Waals surface area contributed by atoms with Gasteiger partial charge in [-0.3, -0.25) is 10.1 Å². The van der Waals surface area contributed by atoms with Crippen molar-refractivity contribution in [2.75, 3.05) is 4.72 Å². The summed E-state index contributed by atoms with van der Waals surface area (Å²) in [5.41, 5.74) is 6.88. The van der Waals surface area contributed by atoms with Crippen LogP contribution in [0.3, 0.4) is 0 Å². The Morgan fingerprint density at radius 1 is 1.36 bits per heavy atom. The summed E-state index contributed by atoms with van der Waals surface area (Å²) in [4.78, 5) is 14.5. The van der Waals surface area contributed by atoms with Gasteiger partial charge in [-0.1, -0.05) is 12.1 Å². The van der Waals surface area contributed by atoms with Gasteiger partial charge in [0.2, 0.25) is 0 Å². The first kappa shape index (κ1) is 15.9. The Labute approximate surface area is 130 Å². The van der Waals surface area contributed by atoms with Gasteiger partial charge in [-0.25, -0.2) is 18.2 Å². The van der Waals surface area contributed by atoms with Gasteiger partial charge in [-0.05, 0) is 17.7 Å².